The Hall–Kier alpha value is -1.60. The first kappa shape index (κ1) is 17.7. The molecule has 1 fully saturated rings. The van der Waals surface area contributed by atoms with E-state index in [2.05, 4.69) is 27.2 Å². The third kappa shape index (κ3) is 6.19. The van der Waals surface area contributed by atoms with E-state index in [1.807, 2.05) is 13.0 Å². The fourth-order valence-electron chi connectivity index (χ4n) is 2.59. The Morgan fingerprint density at radius 1 is 1.35 bits per heavy atom. The lowest BCUT2D eigenvalue weighted by atomic mass is 10.3. The quantitative estimate of drug-likeness (QED) is 0.440. The highest BCUT2D eigenvalue weighted by Crippen LogP contribution is 2.07. The van der Waals surface area contributed by atoms with Gasteiger partial charge in [-0.15, -0.1) is 0 Å². The van der Waals surface area contributed by atoms with Gasteiger partial charge < -0.3 is 19.5 Å². The van der Waals surface area contributed by atoms with Gasteiger partial charge in [0.1, 0.15) is 6.26 Å². The average Bonchev–Trinajstić information content (AvgIpc) is 3.07. The SMILES string of the molecule is CCNC(=NCCCOCC)N1CCN(Cc2ccon2)CC1. The molecule has 7 heteroatoms. The number of guanidine groups is 1. The summed E-state index contributed by atoms with van der Waals surface area (Å²) < 4.78 is 10.3. The molecule has 0 amide bonds. The second-order valence-electron chi connectivity index (χ2n) is 5.54. The minimum Gasteiger partial charge on any atom is -0.382 e. The van der Waals surface area contributed by atoms with E-state index in [9.17, 15) is 0 Å². The van der Waals surface area contributed by atoms with Crippen molar-refractivity contribution in [1.82, 2.24) is 20.3 Å². The van der Waals surface area contributed by atoms with Crippen LogP contribution in [0.25, 0.3) is 0 Å². The lowest BCUT2D eigenvalue weighted by molar-refractivity contribution is 0.146. The molecule has 0 unspecified atom stereocenters. The van der Waals surface area contributed by atoms with Crippen LogP contribution in [-0.2, 0) is 11.3 Å². The summed E-state index contributed by atoms with van der Waals surface area (Å²) in [4.78, 5) is 9.45. The van der Waals surface area contributed by atoms with E-state index in [0.717, 1.165) is 77.1 Å². The maximum absolute atomic E-state index is 5.36. The van der Waals surface area contributed by atoms with Gasteiger partial charge in [-0.3, -0.25) is 9.89 Å². The number of hydrogen-bond acceptors (Lipinski definition) is 5. The third-order valence-corrected chi connectivity index (χ3v) is 3.80. The summed E-state index contributed by atoms with van der Waals surface area (Å²) in [5.74, 6) is 1.02. The van der Waals surface area contributed by atoms with Crippen molar-refractivity contribution in [3.05, 3.63) is 18.0 Å². The van der Waals surface area contributed by atoms with Crippen molar-refractivity contribution in [2.75, 3.05) is 52.5 Å². The molecule has 2 heterocycles. The smallest absolute Gasteiger partial charge is 0.194 e. The summed E-state index contributed by atoms with van der Waals surface area (Å²) >= 11 is 0. The molecule has 0 radical (unpaired) electrons. The number of hydrogen-bond donors (Lipinski definition) is 1. The van der Waals surface area contributed by atoms with E-state index in [1.165, 1.54) is 0 Å². The zero-order valence-electron chi connectivity index (χ0n) is 14.3. The van der Waals surface area contributed by atoms with Crippen LogP contribution in [0.1, 0.15) is 26.0 Å². The largest absolute Gasteiger partial charge is 0.382 e. The van der Waals surface area contributed by atoms with Gasteiger partial charge in [0.2, 0.25) is 0 Å². The van der Waals surface area contributed by atoms with Crippen molar-refractivity contribution in [3.8, 4) is 0 Å². The Morgan fingerprint density at radius 2 is 2.17 bits per heavy atom. The monoisotopic (exact) mass is 323 g/mol. The average molecular weight is 323 g/mol. The standard InChI is InChI=1S/C16H29N5O2/c1-3-17-16(18-7-5-12-22-4-2)21-10-8-20(9-11-21)14-15-6-13-23-19-15/h6,13H,3-5,7-12,14H2,1-2H3,(H,17,18). The highest BCUT2D eigenvalue weighted by molar-refractivity contribution is 5.80. The Bertz CT molecular complexity index is 441. The third-order valence-electron chi connectivity index (χ3n) is 3.80. The molecular formula is C16H29N5O2. The van der Waals surface area contributed by atoms with Crippen LogP contribution in [0.4, 0.5) is 0 Å². The van der Waals surface area contributed by atoms with Crippen LogP contribution in [0, 0.1) is 0 Å². The molecule has 1 aliphatic rings. The number of nitrogens with zero attached hydrogens (tertiary/aromatic N) is 4. The zero-order chi connectivity index (χ0) is 16.3. The molecule has 2 rings (SSSR count). The molecule has 0 spiro atoms. The normalized spacial score (nSPS) is 16.8. The summed E-state index contributed by atoms with van der Waals surface area (Å²) in [5, 5.41) is 7.37. The number of aliphatic imine (C=N–C) groups is 1. The van der Waals surface area contributed by atoms with Gasteiger partial charge in [-0.2, -0.15) is 0 Å². The summed E-state index contributed by atoms with van der Waals surface area (Å²) in [6.07, 6.45) is 2.60. The predicted molar refractivity (Wildman–Crippen MR) is 90.4 cm³/mol. The van der Waals surface area contributed by atoms with E-state index in [0.29, 0.717) is 0 Å². The van der Waals surface area contributed by atoms with Crippen LogP contribution in [0.15, 0.2) is 21.8 Å². The van der Waals surface area contributed by atoms with Crippen molar-refractivity contribution in [3.63, 3.8) is 0 Å². The molecular weight excluding hydrogens is 294 g/mol. The van der Waals surface area contributed by atoms with Crippen LogP contribution in [0.5, 0.6) is 0 Å². The molecule has 130 valence electrons. The molecule has 1 N–H and O–H groups in total. The van der Waals surface area contributed by atoms with Crippen LogP contribution < -0.4 is 5.32 Å². The van der Waals surface area contributed by atoms with Gasteiger partial charge in [-0.1, -0.05) is 5.16 Å². The first-order chi connectivity index (χ1) is 11.3. The second-order valence-corrected chi connectivity index (χ2v) is 5.54. The molecule has 0 saturated carbocycles. The molecule has 7 nitrogen and oxygen atoms in total. The van der Waals surface area contributed by atoms with Gasteiger partial charge in [-0.05, 0) is 20.3 Å². The van der Waals surface area contributed by atoms with E-state index in [-0.39, 0.29) is 0 Å². The molecule has 1 saturated heterocycles. The maximum atomic E-state index is 5.36. The van der Waals surface area contributed by atoms with Crippen molar-refractivity contribution in [2.45, 2.75) is 26.8 Å². The Morgan fingerprint density at radius 3 is 2.83 bits per heavy atom. The van der Waals surface area contributed by atoms with Crippen molar-refractivity contribution < 1.29 is 9.26 Å². The van der Waals surface area contributed by atoms with Gasteiger partial charge in [0.05, 0.1) is 5.69 Å². The van der Waals surface area contributed by atoms with Crippen LogP contribution in [0.2, 0.25) is 0 Å². The maximum Gasteiger partial charge on any atom is 0.194 e. The molecule has 1 aromatic heterocycles. The number of aromatic nitrogens is 1. The zero-order valence-corrected chi connectivity index (χ0v) is 14.3. The summed E-state index contributed by atoms with van der Waals surface area (Å²) in [5.41, 5.74) is 0.995. The number of piperazine rings is 1. The van der Waals surface area contributed by atoms with Crippen LogP contribution >= 0.6 is 0 Å². The van der Waals surface area contributed by atoms with Gasteiger partial charge in [-0.25, -0.2) is 0 Å². The Labute approximate surface area is 138 Å². The molecule has 0 bridgehead atoms. The molecule has 0 aliphatic carbocycles. The highest BCUT2D eigenvalue weighted by atomic mass is 16.5. The van der Waals surface area contributed by atoms with Crippen molar-refractivity contribution in [1.29, 1.82) is 0 Å². The highest BCUT2D eigenvalue weighted by Gasteiger charge is 2.20. The van der Waals surface area contributed by atoms with Crippen molar-refractivity contribution >= 4 is 5.96 Å². The minimum atomic E-state index is 0.775. The van der Waals surface area contributed by atoms with E-state index >= 15 is 0 Å². The summed E-state index contributed by atoms with van der Waals surface area (Å²) in [6, 6.07) is 1.93. The van der Waals surface area contributed by atoms with E-state index < -0.39 is 0 Å². The Kier molecular flexibility index (Phi) is 7.89. The number of rotatable bonds is 8. The van der Waals surface area contributed by atoms with Gasteiger partial charge in [0.25, 0.3) is 0 Å². The van der Waals surface area contributed by atoms with E-state index in [1.54, 1.807) is 6.26 Å². The van der Waals surface area contributed by atoms with Crippen molar-refractivity contribution in [2.24, 2.45) is 4.99 Å². The fourth-order valence-corrected chi connectivity index (χ4v) is 2.59. The summed E-state index contributed by atoms with van der Waals surface area (Å²) in [6.45, 7) is 12.2. The predicted octanol–water partition coefficient (Wildman–Crippen LogP) is 1.18. The van der Waals surface area contributed by atoms with E-state index in [4.69, 9.17) is 14.3 Å². The fraction of sp³-hybridized carbons (Fsp3) is 0.750. The number of ether oxygens (including phenoxy) is 1. The van der Waals surface area contributed by atoms with Crippen LogP contribution in [-0.4, -0.2) is 73.4 Å². The number of nitrogens with one attached hydrogen (secondary N) is 1. The first-order valence-corrected chi connectivity index (χ1v) is 8.56. The Balaban J connectivity index is 1.76. The van der Waals surface area contributed by atoms with Gasteiger partial charge in [0, 0.05) is 65.1 Å². The summed E-state index contributed by atoms with van der Waals surface area (Å²) in [7, 11) is 0. The molecule has 0 atom stereocenters. The topological polar surface area (TPSA) is 66.1 Å². The van der Waals surface area contributed by atoms with Gasteiger partial charge in [0.15, 0.2) is 5.96 Å². The minimum absolute atomic E-state index is 0.775. The molecule has 1 aliphatic heterocycles. The lowest BCUT2D eigenvalue weighted by Gasteiger charge is -2.36. The molecule has 1 aromatic rings. The molecule has 23 heavy (non-hydrogen) atoms. The van der Waals surface area contributed by atoms with Crippen LogP contribution in [0.3, 0.4) is 0 Å². The first-order valence-electron chi connectivity index (χ1n) is 8.56. The molecule has 0 aromatic carbocycles. The lowest BCUT2D eigenvalue weighted by Crippen LogP contribution is -2.52. The second kappa shape index (κ2) is 10.2. The van der Waals surface area contributed by atoms with Gasteiger partial charge >= 0.3 is 0 Å².